The Bertz CT molecular complexity index is 755. The summed E-state index contributed by atoms with van der Waals surface area (Å²) in [6, 6.07) is 15.4. The van der Waals surface area contributed by atoms with Gasteiger partial charge in [0.1, 0.15) is 0 Å². The molecule has 0 bridgehead atoms. The van der Waals surface area contributed by atoms with E-state index in [1.165, 1.54) is 11.1 Å². The molecule has 0 heterocycles. The molecule has 4 heteroatoms. The Hall–Kier alpha value is -2.33. The van der Waals surface area contributed by atoms with Gasteiger partial charge in [-0.1, -0.05) is 36.4 Å². The molecule has 0 fully saturated rings. The van der Waals surface area contributed by atoms with Crippen molar-refractivity contribution in [1.82, 2.24) is 5.32 Å². The minimum Gasteiger partial charge on any atom is -0.399 e. The normalized spacial score (nSPS) is 18.3. The number of rotatable bonds is 4. The van der Waals surface area contributed by atoms with Crippen LogP contribution in [0.4, 0.5) is 5.69 Å². The SMILES string of the molecule is CC(C)(C(=O)NC1CCCc2cc(N)ccc21)C(N)c1ccccc1. The monoisotopic (exact) mass is 337 g/mol. The topological polar surface area (TPSA) is 81.1 Å². The van der Waals surface area contributed by atoms with Crippen LogP contribution in [0.5, 0.6) is 0 Å². The average molecular weight is 337 g/mol. The molecular weight excluding hydrogens is 310 g/mol. The minimum absolute atomic E-state index is 0.0153. The number of anilines is 1. The number of aryl methyl sites for hydroxylation is 1. The smallest absolute Gasteiger partial charge is 0.228 e. The molecule has 1 aliphatic carbocycles. The number of benzene rings is 2. The number of hydrogen-bond donors (Lipinski definition) is 3. The number of hydrogen-bond acceptors (Lipinski definition) is 3. The summed E-state index contributed by atoms with van der Waals surface area (Å²) in [5.74, 6) is -0.0153. The Morgan fingerprint density at radius 3 is 2.64 bits per heavy atom. The maximum Gasteiger partial charge on any atom is 0.228 e. The van der Waals surface area contributed by atoms with Crippen molar-refractivity contribution in [2.45, 2.75) is 45.2 Å². The second-order valence-corrected chi connectivity index (χ2v) is 7.49. The molecule has 0 radical (unpaired) electrons. The summed E-state index contributed by atoms with van der Waals surface area (Å²) < 4.78 is 0. The first-order valence-corrected chi connectivity index (χ1v) is 8.89. The van der Waals surface area contributed by atoms with Crippen molar-refractivity contribution in [2.75, 3.05) is 5.73 Å². The maximum absolute atomic E-state index is 13.0. The average Bonchev–Trinajstić information content (AvgIpc) is 2.61. The molecule has 5 N–H and O–H groups in total. The lowest BCUT2D eigenvalue weighted by Crippen LogP contribution is -2.45. The van der Waals surface area contributed by atoms with Crippen LogP contribution in [0.1, 0.15) is 55.5 Å². The fraction of sp³-hybridized carbons (Fsp3) is 0.381. The van der Waals surface area contributed by atoms with Gasteiger partial charge in [-0.05, 0) is 61.9 Å². The van der Waals surface area contributed by atoms with Gasteiger partial charge in [0.2, 0.25) is 5.91 Å². The predicted octanol–water partition coefficient (Wildman–Crippen LogP) is 3.49. The lowest BCUT2D eigenvalue weighted by Gasteiger charge is -2.34. The van der Waals surface area contributed by atoms with E-state index in [0.717, 1.165) is 30.5 Å². The summed E-state index contributed by atoms with van der Waals surface area (Å²) in [7, 11) is 0. The first kappa shape index (κ1) is 17.5. The molecule has 25 heavy (non-hydrogen) atoms. The quantitative estimate of drug-likeness (QED) is 0.747. The van der Waals surface area contributed by atoms with Crippen LogP contribution in [-0.2, 0) is 11.2 Å². The molecule has 132 valence electrons. The fourth-order valence-corrected chi connectivity index (χ4v) is 3.55. The Morgan fingerprint density at radius 2 is 1.92 bits per heavy atom. The van der Waals surface area contributed by atoms with Gasteiger partial charge in [0.15, 0.2) is 0 Å². The second kappa shape index (κ2) is 6.89. The molecule has 0 saturated heterocycles. The van der Waals surface area contributed by atoms with E-state index >= 15 is 0 Å². The van der Waals surface area contributed by atoms with E-state index in [4.69, 9.17) is 11.5 Å². The molecule has 2 aromatic carbocycles. The summed E-state index contributed by atoms with van der Waals surface area (Å²) in [6.45, 7) is 3.82. The van der Waals surface area contributed by atoms with Gasteiger partial charge in [0, 0.05) is 11.7 Å². The lowest BCUT2D eigenvalue weighted by atomic mass is 9.79. The van der Waals surface area contributed by atoms with Crippen molar-refractivity contribution in [3.63, 3.8) is 0 Å². The van der Waals surface area contributed by atoms with Gasteiger partial charge in [-0.3, -0.25) is 4.79 Å². The molecule has 0 spiro atoms. The van der Waals surface area contributed by atoms with Gasteiger partial charge in [-0.2, -0.15) is 0 Å². The molecule has 0 aromatic heterocycles. The molecule has 2 atom stereocenters. The highest BCUT2D eigenvalue weighted by Gasteiger charge is 2.37. The highest BCUT2D eigenvalue weighted by molar-refractivity contribution is 5.83. The van der Waals surface area contributed by atoms with E-state index in [9.17, 15) is 4.79 Å². The predicted molar refractivity (Wildman–Crippen MR) is 102 cm³/mol. The van der Waals surface area contributed by atoms with Gasteiger partial charge >= 0.3 is 0 Å². The highest BCUT2D eigenvalue weighted by atomic mass is 16.2. The number of fused-ring (bicyclic) bond motifs is 1. The first-order chi connectivity index (χ1) is 11.9. The van der Waals surface area contributed by atoms with Gasteiger partial charge in [0.05, 0.1) is 11.5 Å². The van der Waals surface area contributed by atoms with Crippen LogP contribution in [0.15, 0.2) is 48.5 Å². The summed E-state index contributed by atoms with van der Waals surface area (Å²) in [6.07, 6.45) is 3.01. The van der Waals surface area contributed by atoms with E-state index in [0.29, 0.717) is 0 Å². The zero-order valence-corrected chi connectivity index (χ0v) is 15.0. The molecule has 1 amide bonds. The zero-order chi connectivity index (χ0) is 18.0. The van der Waals surface area contributed by atoms with Gasteiger partial charge in [-0.15, -0.1) is 0 Å². The van der Waals surface area contributed by atoms with Crippen LogP contribution in [-0.4, -0.2) is 5.91 Å². The molecule has 1 aliphatic rings. The molecule has 4 nitrogen and oxygen atoms in total. The second-order valence-electron chi connectivity index (χ2n) is 7.49. The van der Waals surface area contributed by atoms with Crippen LogP contribution in [0.25, 0.3) is 0 Å². The van der Waals surface area contributed by atoms with Gasteiger partial charge < -0.3 is 16.8 Å². The van der Waals surface area contributed by atoms with Crippen LogP contribution >= 0.6 is 0 Å². The maximum atomic E-state index is 13.0. The summed E-state index contributed by atoms with van der Waals surface area (Å²) in [5, 5.41) is 3.23. The number of amides is 1. The van der Waals surface area contributed by atoms with Crippen molar-refractivity contribution < 1.29 is 4.79 Å². The van der Waals surface area contributed by atoms with Crippen molar-refractivity contribution in [2.24, 2.45) is 11.1 Å². The zero-order valence-electron chi connectivity index (χ0n) is 15.0. The number of carbonyl (C=O) groups is 1. The summed E-state index contributed by atoms with van der Waals surface area (Å²) in [4.78, 5) is 13.0. The molecule has 2 unspecified atom stereocenters. The Kier molecular flexibility index (Phi) is 4.82. The van der Waals surface area contributed by atoms with E-state index < -0.39 is 5.41 Å². The Labute approximate surface area is 149 Å². The Balaban J connectivity index is 1.78. The fourth-order valence-electron chi connectivity index (χ4n) is 3.55. The first-order valence-electron chi connectivity index (χ1n) is 8.89. The summed E-state index contributed by atoms with van der Waals surface area (Å²) >= 11 is 0. The van der Waals surface area contributed by atoms with E-state index in [2.05, 4.69) is 5.32 Å². The van der Waals surface area contributed by atoms with E-state index in [-0.39, 0.29) is 18.0 Å². The standard InChI is InChI=1S/C21H27N3O/c1-21(2,19(23)14-7-4-3-5-8-14)20(25)24-18-10-6-9-15-13-16(22)11-12-17(15)18/h3-5,7-8,11-13,18-19H,6,9-10,22-23H2,1-2H3,(H,24,25). The van der Waals surface area contributed by atoms with Crippen LogP contribution in [0.3, 0.4) is 0 Å². The molecule has 0 saturated carbocycles. The molecule has 2 aromatic rings. The third-order valence-electron chi connectivity index (χ3n) is 5.31. The van der Waals surface area contributed by atoms with Crippen molar-refractivity contribution in [1.29, 1.82) is 0 Å². The van der Waals surface area contributed by atoms with Crippen molar-refractivity contribution >= 4 is 11.6 Å². The minimum atomic E-state index is -0.702. The number of nitrogens with one attached hydrogen (secondary N) is 1. The van der Waals surface area contributed by atoms with Crippen molar-refractivity contribution in [3.05, 3.63) is 65.2 Å². The summed E-state index contributed by atoms with van der Waals surface area (Å²) in [5.41, 5.74) is 15.8. The number of carbonyl (C=O) groups excluding carboxylic acids is 1. The van der Waals surface area contributed by atoms with Crippen molar-refractivity contribution in [3.8, 4) is 0 Å². The third-order valence-corrected chi connectivity index (χ3v) is 5.31. The molecule has 0 aliphatic heterocycles. The van der Waals surface area contributed by atoms with Gasteiger partial charge in [-0.25, -0.2) is 0 Å². The number of nitrogens with two attached hydrogens (primary N) is 2. The largest absolute Gasteiger partial charge is 0.399 e. The lowest BCUT2D eigenvalue weighted by molar-refractivity contribution is -0.131. The molecule has 3 rings (SSSR count). The van der Waals surface area contributed by atoms with Crippen LogP contribution in [0, 0.1) is 5.41 Å². The van der Waals surface area contributed by atoms with Crippen LogP contribution < -0.4 is 16.8 Å². The van der Waals surface area contributed by atoms with E-state index in [1.807, 2.05) is 62.4 Å². The number of nitrogen functional groups attached to an aromatic ring is 1. The highest BCUT2D eigenvalue weighted by Crippen LogP contribution is 2.35. The van der Waals surface area contributed by atoms with E-state index in [1.54, 1.807) is 0 Å². The third kappa shape index (κ3) is 3.54. The molecular formula is C21H27N3O. The van der Waals surface area contributed by atoms with Gasteiger partial charge in [0.25, 0.3) is 0 Å². The Morgan fingerprint density at radius 1 is 1.20 bits per heavy atom. The van der Waals surface area contributed by atoms with Crippen LogP contribution in [0.2, 0.25) is 0 Å².